The Hall–Kier alpha value is -2.36. The van der Waals surface area contributed by atoms with Crippen molar-refractivity contribution < 1.29 is 4.79 Å². The second-order valence-corrected chi connectivity index (χ2v) is 5.40. The minimum absolute atomic E-state index is 0.100. The number of nitrogens with one attached hydrogen (secondary N) is 2. The second kappa shape index (κ2) is 6.88. The van der Waals surface area contributed by atoms with Gasteiger partial charge in [0, 0.05) is 24.5 Å². The van der Waals surface area contributed by atoms with Crippen molar-refractivity contribution in [2.45, 2.75) is 33.4 Å². The molecule has 1 heterocycles. The molecule has 0 saturated heterocycles. The summed E-state index contributed by atoms with van der Waals surface area (Å²) in [4.78, 5) is 16.0. The molecule has 4 heteroatoms. The zero-order chi connectivity index (χ0) is 15.2. The summed E-state index contributed by atoms with van der Waals surface area (Å²) in [5.41, 5.74) is 3.76. The van der Waals surface area contributed by atoms with Crippen LogP contribution in [-0.4, -0.2) is 16.9 Å². The Morgan fingerprint density at radius 1 is 1.24 bits per heavy atom. The zero-order valence-electron chi connectivity index (χ0n) is 12.7. The van der Waals surface area contributed by atoms with Crippen LogP contribution in [0.25, 0.3) is 0 Å². The maximum Gasteiger partial charge on any atom is 0.270 e. The summed E-state index contributed by atoms with van der Waals surface area (Å²) in [5.74, 6) is -0.149. The fourth-order valence-corrected chi connectivity index (χ4v) is 2.03. The van der Waals surface area contributed by atoms with Crippen molar-refractivity contribution >= 4 is 11.6 Å². The van der Waals surface area contributed by atoms with E-state index in [-0.39, 0.29) is 11.9 Å². The molecule has 1 amide bonds. The van der Waals surface area contributed by atoms with Crippen LogP contribution in [0.4, 0.5) is 5.69 Å². The van der Waals surface area contributed by atoms with Crippen molar-refractivity contribution in [2.24, 2.45) is 0 Å². The van der Waals surface area contributed by atoms with E-state index >= 15 is 0 Å². The van der Waals surface area contributed by atoms with Gasteiger partial charge in [0.15, 0.2) is 0 Å². The normalized spacial score (nSPS) is 10.5. The van der Waals surface area contributed by atoms with Gasteiger partial charge in [0.1, 0.15) is 5.69 Å². The first-order valence-electron chi connectivity index (χ1n) is 7.11. The minimum Gasteiger partial charge on any atom is -0.381 e. The van der Waals surface area contributed by atoms with Gasteiger partial charge in [-0.3, -0.25) is 9.78 Å². The summed E-state index contributed by atoms with van der Waals surface area (Å²) in [7, 11) is 0. The number of amides is 1. The summed E-state index contributed by atoms with van der Waals surface area (Å²) in [6.07, 6.45) is 1.65. The molecule has 2 N–H and O–H groups in total. The molecule has 1 aromatic heterocycles. The van der Waals surface area contributed by atoms with E-state index in [2.05, 4.69) is 40.7 Å². The maximum absolute atomic E-state index is 11.9. The van der Waals surface area contributed by atoms with Crippen LogP contribution in [0.3, 0.4) is 0 Å². The lowest BCUT2D eigenvalue weighted by atomic mass is 10.1. The highest BCUT2D eigenvalue weighted by atomic mass is 16.1. The largest absolute Gasteiger partial charge is 0.381 e. The number of carbonyl (C=O) groups is 1. The van der Waals surface area contributed by atoms with E-state index in [9.17, 15) is 4.79 Å². The number of hydrogen-bond donors (Lipinski definition) is 2. The third-order valence-corrected chi connectivity index (χ3v) is 2.99. The smallest absolute Gasteiger partial charge is 0.270 e. The molecule has 0 bridgehead atoms. The van der Waals surface area contributed by atoms with E-state index in [1.54, 1.807) is 12.3 Å². The van der Waals surface area contributed by atoms with Gasteiger partial charge in [-0.15, -0.1) is 0 Å². The molecule has 21 heavy (non-hydrogen) atoms. The predicted molar refractivity (Wildman–Crippen MR) is 85.3 cm³/mol. The summed E-state index contributed by atoms with van der Waals surface area (Å²) in [5, 5.41) is 6.16. The summed E-state index contributed by atoms with van der Waals surface area (Å²) in [6.45, 7) is 6.65. The van der Waals surface area contributed by atoms with E-state index in [4.69, 9.17) is 0 Å². The Labute approximate surface area is 125 Å². The Morgan fingerprint density at radius 3 is 2.76 bits per heavy atom. The van der Waals surface area contributed by atoms with Crippen molar-refractivity contribution in [1.82, 2.24) is 10.3 Å². The van der Waals surface area contributed by atoms with E-state index in [1.165, 1.54) is 11.1 Å². The number of hydrogen-bond acceptors (Lipinski definition) is 3. The van der Waals surface area contributed by atoms with Gasteiger partial charge in [-0.05, 0) is 38.5 Å². The molecular weight excluding hydrogens is 262 g/mol. The first-order chi connectivity index (χ1) is 10.0. The van der Waals surface area contributed by atoms with E-state index in [0.29, 0.717) is 5.69 Å². The lowest BCUT2D eigenvalue weighted by molar-refractivity contribution is 0.0938. The minimum atomic E-state index is -0.149. The van der Waals surface area contributed by atoms with Gasteiger partial charge in [0.25, 0.3) is 5.91 Å². The third-order valence-electron chi connectivity index (χ3n) is 2.99. The Bertz CT molecular complexity index is 623. The lowest BCUT2D eigenvalue weighted by Gasteiger charge is -2.10. The highest BCUT2D eigenvalue weighted by molar-refractivity contribution is 5.93. The molecule has 2 rings (SSSR count). The quantitative estimate of drug-likeness (QED) is 0.886. The van der Waals surface area contributed by atoms with Crippen molar-refractivity contribution in [3.05, 3.63) is 59.4 Å². The summed E-state index contributed by atoms with van der Waals surface area (Å²) < 4.78 is 0. The monoisotopic (exact) mass is 283 g/mol. The molecule has 2 aromatic rings. The lowest BCUT2D eigenvalue weighted by Crippen LogP contribution is -2.30. The Kier molecular flexibility index (Phi) is 4.93. The molecule has 0 unspecified atom stereocenters. The highest BCUT2D eigenvalue weighted by Gasteiger charge is 2.08. The fourth-order valence-electron chi connectivity index (χ4n) is 2.03. The van der Waals surface area contributed by atoms with Crippen LogP contribution in [-0.2, 0) is 6.54 Å². The number of anilines is 1. The van der Waals surface area contributed by atoms with E-state index in [1.807, 2.05) is 26.0 Å². The van der Waals surface area contributed by atoms with Crippen LogP contribution >= 0.6 is 0 Å². The first-order valence-corrected chi connectivity index (χ1v) is 7.11. The number of benzene rings is 1. The zero-order valence-corrected chi connectivity index (χ0v) is 12.7. The van der Waals surface area contributed by atoms with E-state index in [0.717, 1.165) is 12.2 Å². The van der Waals surface area contributed by atoms with Gasteiger partial charge in [0.05, 0.1) is 0 Å². The van der Waals surface area contributed by atoms with Crippen molar-refractivity contribution in [3.63, 3.8) is 0 Å². The van der Waals surface area contributed by atoms with Crippen LogP contribution in [0, 0.1) is 6.92 Å². The van der Waals surface area contributed by atoms with Gasteiger partial charge >= 0.3 is 0 Å². The first kappa shape index (κ1) is 15.0. The van der Waals surface area contributed by atoms with Crippen LogP contribution in [0.15, 0.2) is 42.6 Å². The van der Waals surface area contributed by atoms with Crippen LogP contribution in [0.1, 0.15) is 35.5 Å². The average Bonchev–Trinajstić information content (AvgIpc) is 2.45. The fraction of sp³-hybridized carbons (Fsp3) is 0.294. The van der Waals surface area contributed by atoms with Gasteiger partial charge in [-0.25, -0.2) is 0 Å². The van der Waals surface area contributed by atoms with Gasteiger partial charge in [-0.2, -0.15) is 0 Å². The molecule has 0 fully saturated rings. The van der Waals surface area contributed by atoms with Crippen LogP contribution < -0.4 is 10.6 Å². The number of nitrogens with zero attached hydrogens (tertiary/aromatic N) is 1. The molecule has 110 valence electrons. The van der Waals surface area contributed by atoms with Crippen molar-refractivity contribution in [1.29, 1.82) is 0 Å². The SMILES string of the molecule is Cc1cccc(CNc2ccnc(C(=O)NC(C)C)c2)c1. The maximum atomic E-state index is 11.9. The molecule has 0 aliphatic carbocycles. The summed E-state index contributed by atoms with van der Waals surface area (Å²) >= 11 is 0. The molecule has 4 nitrogen and oxygen atoms in total. The molecular formula is C17H21N3O. The van der Waals surface area contributed by atoms with Gasteiger partial charge in [0.2, 0.25) is 0 Å². The Morgan fingerprint density at radius 2 is 2.05 bits per heavy atom. The topological polar surface area (TPSA) is 54.0 Å². The summed E-state index contributed by atoms with van der Waals surface area (Å²) in [6, 6.07) is 12.1. The average molecular weight is 283 g/mol. The molecule has 0 spiro atoms. The highest BCUT2D eigenvalue weighted by Crippen LogP contribution is 2.11. The van der Waals surface area contributed by atoms with Gasteiger partial charge < -0.3 is 10.6 Å². The molecule has 1 aromatic carbocycles. The number of pyridine rings is 1. The number of aryl methyl sites for hydroxylation is 1. The molecule has 0 atom stereocenters. The van der Waals surface area contributed by atoms with Gasteiger partial charge in [-0.1, -0.05) is 29.8 Å². The van der Waals surface area contributed by atoms with Crippen LogP contribution in [0.2, 0.25) is 0 Å². The third kappa shape index (κ3) is 4.60. The standard InChI is InChI=1S/C17H21N3O/c1-12(2)20-17(21)16-10-15(7-8-18-16)19-11-14-6-4-5-13(3)9-14/h4-10,12H,11H2,1-3H3,(H,18,19)(H,20,21). The second-order valence-electron chi connectivity index (χ2n) is 5.40. The molecule has 0 aliphatic rings. The van der Waals surface area contributed by atoms with Crippen molar-refractivity contribution in [3.8, 4) is 0 Å². The van der Waals surface area contributed by atoms with Crippen LogP contribution in [0.5, 0.6) is 0 Å². The predicted octanol–water partition coefficient (Wildman–Crippen LogP) is 3.14. The number of rotatable bonds is 5. The molecule has 0 aliphatic heterocycles. The molecule has 0 saturated carbocycles. The number of aromatic nitrogens is 1. The van der Waals surface area contributed by atoms with E-state index < -0.39 is 0 Å². The molecule has 0 radical (unpaired) electrons. The Balaban J connectivity index is 2.02. The van der Waals surface area contributed by atoms with Crippen molar-refractivity contribution in [2.75, 3.05) is 5.32 Å². The number of carbonyl (C=O) groups excluding carboxylic acids is 1.